The lowest BCUT2D eigenvalue weighted by Crippen LogP contribution is -2.07. The Morgan fingerprint density at radius 3 is 2.70 bits per heavy atom. The highest BCUT2D eigenvalue weighted by molar-refractivity contribution is 7.15. The summed E-state index contributed by atoms with van der Waals surface area (Å²) in [4.78, 5) is 4.68. The van der Waals surface area contributed by atoms with Gasteiger partial charge < -0.3 is 10.1 Å². The van der Waals surface area contributed by atoms with E-state index in [9.17, 15) is 13.2 Å². The van der Waals surface area contributed by atoms with Gasteiger partial charge in [0.25, 0.3) is 0 Å². The minimum Gasteiger partial charge on any atom is -0.495 e. The predicted molar refractivity (Wildman–Crippen MR) is 72.4 cm³/mol. The van der Waals surface area contributed by atoms with Crippen LogP contribution in [0, 0.1) is 0 Å². The van der Waals surface area contributed by atoms with Gasteiger partial charge in [-0.25, -0.2) is 4.98 Å². The average Bonchev–Trinajstić information content (AvgIpc) is 2.80. The number of methoxy groups -OCH3 is 1. The van der Waals surface area contributed by atoms with Crippen LogP contribution in [0.3, 0.4) is 0 Å². The summed E-state index contributed by atoms with van der Waals surface area (Å²) in [6.45, 7) is 0.321. The molecule has 2 rings (SSSR count). The van der Waals surface area contributed by atoms with E-state index >= 15 is 0 Å². The van der Waals surface area contributed by atoms with Gasteiger partial charge in [0, 0.05) is 11.1 Å². The minimum atomic E-state index is -4.39. The van der Waals surface area contributed by atoms with Crippen molar-refractivity contribution < 1.29 is 17.9 Å². The highest BCUT2D eigenvalue weighted by Gasteiger charge is 2.31. The summed E-state index contributed by atoms with van der Waals surface area (Å²) in [6.07, 6.45) is -2.82. The topological polar surface area (TPSA) is 34.1 Å². The highest BCUT2D eigenvalue weighted by Crippen LogP contribution is 2.35. The molecule has 8 heteroatoms. The number of nitrogens with one attached hydrogen (secondary N) is 1. The predicted octanol–water partition coefficient (Wildman–Crippen LogP) is 4.44. The van der Waals surface area contributed by atoms with Crippen LogP contribution >= 0.6 is 22.9 Å². The van der Waals surface area contributed by atoms with Crippen LogP contribution in [0.4, 0.5) is 18.9 Å². The van der Waals surface area contributed by atoms with E-state index in [0.29, 0.717) is 16.8 Å². The Balaban J connectivity index is 2.20. The molecule has 0 saturated carbocycles. The molecule has 0 saturated heterocycles. The number of benzene rings is 1. The molecule has 1 aromatic heterocycles. The van der Waals surface area contributed by atoms with Crippen molar-refractivity contribution >= 4 is 28.6 Å². The second-order valence-electron chi connectivity index (χ2n) is 3.85. The van der Waals surface area contributed by atoms with Crippen molar-refractivity contribution in [3.63, 3.8) is 0 Å². The maximum absolute atomic E-state index is 12.7. The van der Waals surface area contributed by atoms with Crippen molar-refractivity contribution in [2.75, 3.05) is 12.4 Å². The van der Waals surface area contributed by atoms with Crippen molar-refractivity contribution in [1.82, 2.24) is 4.98 Å². The van der Waals surface area contributed by atoms with E-state index in [-0.39, 0.29) is 5.69 Å². The number of hydrogen-bond donors (Lipinski definition) is 1. The second-order valence-corrected chi connectivity index (χ2v) is 5.54. The lowest BCUT2D eigenvalue weighted by Gasteiger charge is -2.13. The summed E-state index contributed by atoms with van der Waals surface area (Å²) in [7, 11) is 1.40. The number of aromatic nitrogens is 1. The average molecular weight is 323 g/mol. The van der Waals surface area contributed by atoms with Gasteiger partial charge in [-0.15, -0.1) is 11.3 Å². The van der Waals surface area contributed by atoms with Crippen LogP contribution in [0.15, 0.2) is 24.4 Å². The lowest BCUT2D eigenvalue weighted by atomic mass is 10.1. The molecular formula is C12H10ClF3N2OS. The molecule has 0 bridgehead atoms. The molecule has 0 amide bonds. The van der Waals surface area contributed by atoms with Crippen molar-refractivity contribution in [3.8, 4) is 5.75 Å². The Morgan fingerprint density at radius 2 is 2.15 bits per heavy atom. The molecule has 2 aromatic rings. The molecule has 0 unspecified atom stereocenters. The number of thiazole rings is 1. The molecule has 0 aliphatic carbocycles. The van der Waals surface area contributed by atoms with Crippen LogP contribution in [0.5, 0.6) is 5.75 Å². The molecule has 1 aromatic carbocycles. The summed E-state index contributed by atoms with van der Waals surface area (Å²) in [5.74, 6) is 0.341. The molecule has 0 spiro atoms. The molecule has 1 N–H and O–H groups in total. The maximum atomic E-state index is 12.7. The van der Waals surface area contributed by atoms with Crippen LogP contribution in [0.1, 0.15) is 10.4 Å². The number of alkyl halides is 3. The van der Waals surface area contributed by atoms with E-state index in [1.807, 2.05) is 0 Å². The molecule has 1 heterocycles. The van der Waals surface area contributed by atoms with Crippen molar-refractivity contribution in [1.29, 1.82) is 0 Å². The zero-order chi connectivity index (χ0) is 14.8. The van der Waals surface area contributed by atoms with Crippen molar-refractivity contribution in [2.24, 2.45) is 0 Å². The largest absolute Gasteiger partial charge is 0.495 e. The third-order valence-electron chi connectivity index (χ3n) is 2.51. The van der Waals surface area contributed by atoms with Gasteiger partial charge in [0.2, 0.25) is 0 Å². The third kappa shape index (κ3) is 3.55. The van der Waals surface area contributed by atoms with Crippen LogP contribution in [0.2, 0.25) is 4.47 Å². The van der Waals surface area contributed by atoms with E-state index in [4.69, 9.17) is 16.3 Å². The monoisotopic (exact) mass is 322 g/mol. The zero-order valence-corrected chi connectivity index (χ0v) is 11.9. The fourth-order valence-corrected chi connectivity index (χ4v) is 2.49. The first kappa shape index (κ1) is 14.9. The Morgan fingerprint density at radius 1 is 1.40 bits per heavy atom. The number of ether oxygens (including phenoxy) is 1. The number of halogens is 4. The highest BCUT2D eigenvalue weighted by atomic mass is 35.5. The molecule has 0 fully saturated rings. The first-order chi connectivity index (χ1) is 9.40. The second kappa shape index (κ2) is 5.88. The fourth-order valence-electron chi connectivity index (χ4n) is 1.57. The molecule has 3 nitrogen and oxygen atoms in total. The first-order valence-electron chi connectivity index (χ1n) is 5.49. The molecule has 0 radical (unpaired) electrons. The van der Waals surface area contributed by atoms with E-state index in [2.05, 4.69) is 10.3 Å². The van der Waals surface area contributed by atoms with Crippen LogP contribution < -0.4 is 10.1 Å². The van der Waals surface area contributed by atoms with Crippen LogP contribution in [-0.2, 0) is 12.7 Å². The maximum Gasteiger partial charge on any atom is 0.416 e. The normalized spacial score (nSPS) is 11.4. The molecule has 20 heavy (non-hydrogen) atoms. The van der Waals surface area contributed by atoms with Gasteiger partial charge in [0.1, 0.15) is 5.75 Å². The molecular weight excluding hydrogens is 313 g/mol. The Bertz CT molecular complexity index is 601. The summed E-state index contributed by atoms with van der Waals surface area (Å²) in [6, 6.07) is 3.28. The van der Waals surface area contributed by atoms with Gasteiger partial charge in [-0.1, -0.05) is 11.6 Å². The molecule has 0 aliphatic heterocycles. The van der Waals surface area contributed by atoms with E-state index < -0.39 is 11.7 Å². The lowest BCUT2D eigenvalue weighted by molar-refractivity contribution is -0.137. The van der Waals surface area contributed by atoms with E-state index in [0.717, 1.165) is 17.0 Å². The SMILES string of the molecule is COc1ccc(C(F)(F)F)cc1NCc1cnc(Cl)s1. The Hall–Kier alpha value is -1.47. The van der Waals surface area contributed by atoms with Gasteiger partial charge in [-0.05, 0) is 18.2 Å². The van der Waals surface area contributed by atoms with Gasteiger partial charge in [0.15, 0.2) is 4.47 Å². The first-order valence-corrected chi connectivity index (χ1v) is 6.69. The quantitative estimate of drug-likeness (QED) is 0.904. The number of anilines is 1. The Kier molecular flexibility index (Phi) is 4.39. The molecule has 108 valence electrons. The molecule has 0 aliphatic rings. The van der Waals surface area contributed by atoms with Crippen LogP contribution in [-0.4, -0.2) is 12.1 Å². The fraction of sp³-hybridized carbons (Fsp3) is 0.250. The molecule has 0 atom stereocenters. The van der Waals surface area contributed by atoms with Gasteiger partial charge in [0.05, 0.1) is 24.9 Å². The summed E-state index contributed by atoms with van der Waals surface area (Å²) in [5.41, 5.74) is -0.463. The standard InChI is InChI=1S/C12H10ClF3N2OS/c1-19-10-3-2-7(12(14,15)16)4-9(10)17-5-8-6-18-11(13)20-8/h2-4,6,17H,5H2,1H3. The number of rotatable bonds is 4. The smallest absolute Gasteiger partial charge is 0.416 e. The van der Waals surface area contributed by atoms with Crippen molar-refractivity contribution in [3.05, 3.63) is 39.3 Å². The zero-order valence-electron chi connectivity index (χ0n) is 10.3. The Labute approximate surface area is 122 Å². The third-order valence-corrected chi connectivity index (χ3v) is 3.62. The number of nitrogens with zero attached hydrogens (tertiary/aromatic N) is 1. The summed E-state index contributed by atoms with van der Waals surface area (Å²) < 4.78 is 43.5. The van der Waals surface area contributed by atoms with E-state index in [1.165, 1.54) is 24.5 Å². The van der Waals surface area contributed by atoms with Gasteiger partial charge >= 0.3 is 6.18 Å². The van der Waals surface area contributed by atoms with Gasteiger partial charge in [-0.3, -0.25) is 0 Å². The van der Waals surface area contributed by atoms with Crippen molar-refractivity contribution in [2.45, 2.75) is 12.7 Å². The number of hydrogen-bond acceptors (Lipinski definition) is 4. The van der Waals surface area contributed by atoms with Gasteiger partial charge in [-0.2, -0.15) is 13.2 Å². The summed E-state index contributed by atoms with van der Waals surface area (Å²) in [5, 5.41) is 2.89. The van der Waals surface area contributed by atoms with E-state index in [1.54, 1.807) is 6.20 Å². The van der Waals surface area contributed by atoms with Crippen LogP contribution in [0.25, 0.3) is 0 Å². The minimum absolute atomic E-state index is 0.270. The summed E-state index contributed by atoms with van der Waals surface area (Å²) >= 11 is 6.95.